The van der Waals surface area contributed by atoms with Crippen molar-refractivity contribution in [2.24, 2.45) is 0 Å². The van der Waals surface area contributed by atoms with Crippen molar-refractivity contribution in [2.45, 2.75) is 44.6 Å². The number of allylic oxidation sites excluding steroid dienone is 1. The van der Waals surface area contributed by atoms with E-state index in [1.165, 1.54) is 11.8 Å². The third kappa shape index (κ3) is 4.00. The SMILES string of the molecule is C=CCn1c(S[C@H](C)C(=O)c2[nH]c(C)c(C(=O)OCC)c2C)nc2ccccc21. The van der Waals surface area contributed by atoms with Gasteiger partial charge in [-0.3, -0.25) is 4.79 Å². The third-order valence-electron chi connectivity index (χ3n) is 4.75. The molecular formula is C22H25N3O3S. The molecule has 0 spiro atoms. The van der Waals surface area contributed by atoms with Gasteiger partial charge in [-0.15, -0.1) is 6.58 Å². The molecule has 0 unspecified atom stereocenters. The number of ether oxygens (including phenoxy) is 1. The first-order valence-corrected chi connectivity index (χ1v) is 10.4. The average Bonchev–Trinajstić information content (AvgIpc) is 3.18. The quantitative estimate of drug-likeness (QED) is 0.251. The summed E-state index contributed by atoms with van der Waals surface area (Å²) in [6.07, 6.45) is 1.81. The van der Waals surface area contributed by atoms with Gasteiger partial charge in [-0.25, -0.2) is 9.78 Å². The molecule has 0 fully saturated rings. The molecule has 0 saturated heterocycles. The van der Waals surface area contributed by atoms with Crippen LogP contribution in [-0.2, 0) is 11.3 Å². The molecule has 0 aliphatic rings. The number of hydrogen-bond donors (Lipinski definition) is 1. The number of benzene rings is 1. The van der Waals surface area contributed by atoms with Gasteiger partial charge in [0.1, 0.15) is 0 Å². The van der Waals surface area contributed by atoms with Crippen molar-refractivity contribution < 1.29 is 14.3 Å². The lowest BCUT2D eigenvalue weighted by Crippen LogP contribution is -2.16. The number of Topliss-reactive ketones (excluding diaryl/α,β-unsaturated/α-hetero) is 1. The van der Waals surface area contributed by atoms with Gasteiger partial charge >= 0.3 is 5.97 Å². The number of H-pyrrole nitrogens is 1. The van der Waals surface area contributed by atoms with Crippen LogP contribution in [0.15, 0.2) is 42.1 Å². The summed E-state index contributed by atoms with van der Waals surface area (Å²) in [6.45, 7) is 11.9. The molecule has 1 N–H and O–H groups in total. The van der Waals surface area contributed by atoms with Crippen LogP contribution in [0.5, 0.6) is 0 Å². The van der Waals surface area contributed by atoms with E-state index in [2.05, 4.69) is 16.5 Å². The van der Waals surface area contributed by atoms with Gasteiger partial charge in [-0.2, -0.15) is 0 Å². The molecule has 0 radical (unpaired) electrons. The van der Waals surface area contributed by atoms with Crippen molar-refractivity contribution >= 4 is 34.5 Å². The molecule has 0 bridgehead atoms. The van der Waals surface area contributed by atoms with E-state index in [0.717, 1.165) is 16.2 Å². The predicted octanol–water partition coefficient (Wildman–Crippen LogP) is 4.71. The number of rotatable bonds is 8. The largest absolute Gasteiger partial charge is 0.462 e. The van der Waals surface area contributed by atoms with E-state index in [9.17, 15) is 9.59 Å². The summed E-state index contributed by atoms with van der Waals surface area (Å²) >= 11 is 1.40. The highest BCUT2D eigenvalue weighted by Crippen LogP contribution is 2.30. The zero-order valence-corrected chi connectivity index (χ0v) is 17.9. The first-order chi connectivity index (χ1) is 13.9. The number of nitrogens with one attached hydrogen (secondary N) is 1. The second-order valence-electron chi connectivity index (χ2n) is 6.75. The zero-order chi connectivity index (χ0) is 21.1. The molecule has 7 heteroatoms. The Morgan fingerprint density at radius 3 is 2.76 bits per heavy atom. The highest BCUT2D eigenvalue weighted by atomic mass is 32.2. The van der Waals surface area contributed by atoms with Crippen LogP contribution in [0.4, 0.5) is 0 Å². The molecule has 1 aromatic carbocycles. The van der Waals surface area contributed by atoms with Crippen LogP contribution in [0.25, 0.3) is 11.0 Å². The highest BCUT2D eigenvalue weighted by Gasteiger charge is 2.27. The lowest BCUT2D eigenvalue weighted by atomic mass is 10.1. The fourth-order valence-electron chi connectivity index (χ4n) is 3.37. The van der Waals surface area contributed by atoms with Crippen molar-refractivity contribution in [3.63, 3.8) is 0 Å². The summed E-state index contributed by atoms with van der Waals surface area (Å²) in [5, 5.41) is 0.376. The molecule has 29 heavy (non-hydrogen) atoms. The molecule has 6 nitrogen and oxygen atoms in total. The lowest BCUT2D eigenvalue weighted by Gasteiger charge is -2.11. The molecule has 0 amide bonds. The van der Waals surface area contributed by atoms with Crippen molar-refractivity contribution in [1.82, 2.24) is 14.5 Å². The van der Waals surface area contributed by atoms with Crippen LogP contribution >= 0.6 is 11.8 Å². The van der Waals surface area contributed by atoms with Crippen LogP contribution in [-0.4, -0.2) is 38.1 Å². The third-order valence-corrected chi connectivity index (χ3v) is 5.84. The number of nitrogens with zero attached hydrogens (tertiary/aromatic N) is 2. The van der Waals surface area contributed by atoms with Gasteiger partial charge in [-0.1, -0.05) is 30.0 Å². The van der Waals surface area contributed by atoms with E-state index in [1.54, 1.807) is 20.8 Å². The summed E-state index contributed by atoms with van der Waals surface area (Å²) in [5.41, 5.74) is 4.03. The molecule has 152 valence electrons. The zero-order valence-electron chi connectivity index (χ0n) is 17.1. The van der Waals surface area contributed by atoms with E-state index < -0.39 is 5.97 Å². The predicted molar refractivity (Wildman–Crippen MR) is 116 cm³/mol. The Hall–Kier alpha value is -2.80. The number of aryl methyl sites for hydroxylation is 1. The lowest BCUT2D eigenvalue weighted by molar-refractivity contribution is 0.0525. The van der Waals surface area contributed by atoms with Gasteiger partial charge in [0, 0.05) is 12.2 Å². The molecular weight excluding hydrogens is 386 g/mol. The summed E-state index contributed by atoms with van der Waals surface area (Å²) in [6, 6.07) is 7.87. The summed E-state index contributed by atoms with van der Waals surface area (Å²) in [5.74, 6) is -0.491. The Morgan fingerprint density at radius 1 is 1.34 bits per heavy atom. The van der Waals surface area contributed by atoms with Crippen LogP contribution in [0.3, 0.4) is 0 Å². The van der Waals surface area contributed by atoms with Gasteiger partial charge < -0.3 is 14.3 Å². The fourth-order valence-corrected chi connectivity index (χ4v) is 4.36. The summed E-state index contributed by atoms with van der Waals surface area (Å²) in [7, 11) is 0. The van der Waals surface area contributed by atoms with E-state index in [-0.39, 0.29) is 17.6 Å². The van der Waals surface area contributed by atoms with Gasteiger partial charge in [-0.05, 0) is 45.4 Å². The second-order valence-corrected chi connectivity index (χ2v) is 8.06. The minimum absolute atomic E-state index is 0.0802. The molecule has 3 aromatic rings. The molecule has 2 aromatic heterocycles. The number of imidazole rings is 1. The van der Waals surface area contributed by atoms with Crippen LogP contribution in [0.1, 0.15) is 46.0 Å². The number of carbonyl (C=O) groups excluding carboxylic acids is 2. The van der Waals surface area contributed by atoms with E-state index in [1.807, 2.05) is 41.8 Å². The number of carbonyl (C=O) groups is 2. The van der Waals surface area contributed by atoms with Crippen molar-refractivity contribution in [3.05, 3.63) is 59.4 Å². The Kier molecular flexibility index (Phi) is 6.27. The number of ketones is 1. The smallest absolute Gasteiger partial charge is 0.340 e. The summed E-state index contributed by atoms with van der Waals surface area (Å²) in [4.78, 5) is 33.1. The van der Waals surface area contributed by atoms with Crippen LogP contribution < -0.4 is 0 Å². The highest BCUT2D eigenvalue weighted by molar-refractivity contribution is 8.00. The number of aromatic amines is 1. The molecule has 2 heterocycles. The van der Waals surface area contributed by atoms with Crippen molar-refractivity contribution in [1.29, 1.82) is 0 Å². The molecule has 1 atom stereocenters. The number of thioether (sulfide) groups is 1. The monoisotopic (exact) mass is 411 g/mol. The van der Waals surface area contributed by atoms with E-state index >= 15 is 0 Å². The maximum absolute atomic E-state index is 13.1. The number of esters is 1. The van der Waals surface area contributed by atoms with Gasteiger partial charge in [0.05, 0.1) is 34.1 Å². The fraction of sp³-hybridized carbons (Fsp3) is 0.318. The first kappa shape index (κ1) is 20.9. The van der Waals surface area contributed by atoms with Crippen molar-refractivity contribution in [2.75, 3.05) is 6.61 Å². The molecule has 0 aliphatic carbocycles. The Balaban J connectivity index is 1.90. The minimum Gasteiger partial charge on any atom is -0.462 e. The van der Waals surface area contributed by atoms with Crippen molar-refractivity contribution in [3.8, 4) is 0 Å². The number of hydrogen-bond acceptors (Lipinski definition) is 5. The van der Waals surface area contributed by atoms with E-state index in [0.29, 0.717) is 29.1 Å². The second kappa shape index (κ2) is 8.69. The topological polar surface area (TPSA) is 77.0 Å². The molecule has 3 rings (SSSR count). The minimum atomic E-state index is -0.411. The standard InChI is InChI=1S/C22H25N3O3S/c1-6-12-25-17-11-9-8-10-16(17)24-22(25)29-15(5)20(26)19-13(3)18(14(4)23-19)21(27)28-7-2/h6,8-11,15,23H,1,7,12H2,2-5H3/t15-/m1/s1. The van der Waals surface area contributed by atoms with Gasteiger partial charge in [0.15, 0.2) is 10.9 Å². The maximum Gasteiger partial charge on any atom is 0.340 e. The number of para-hydroxylation sites is 2. The summed E-state index contributed by atoms with van der Waals surface area (Å²) < 4.78 is 7.17. The van der Waals surface area contributed by atoms with E-state index in [4.69, 9.17) is 4.74 Å². The Morgan fingerprint density at radius 2 is 2.07 bits per heavy atom. The number of aromatic nitrogens is 3. The Labute approximate surface area is 174 Å². The average molecular weight is 412 g/mol. The van der Waals surface area contributed by atoms with Gasteiger partial charge in [0.2, 0.25) is 0 Å². The molecule has 0 saturated carbocycles. The number of fused-ring (bicyclic) bond motifs is 1. The first-order valence-electron chi connectivity index (χ1n) is 9.52. The molecule has 0 aliphatic heterocycles. The normalized spacial score (nSPS) is 12.1. The van der Waals surface area contributed by atoms with Gasteiger partial charge in [0.25, 0.3) is 0 Å². The van der Waals surface area contributed by atoms with Crippen LogP contribution in [0, 0.1) is 13.8 Å². The maximum atomic E-state index is 13.1. The Bertz CT molecular complexity index is 1080. The van der Waals surface area contributed by atoms with Crippen LogP contribution in [0.2, 0.25) is 0 Å².